The van der Waals surface area contributed by atoms with E-state index in [1.807, 2.05) is 24.6 Å². The molecule has 1 amide bonds. The first-order valence-electron chi connectivity index (χ1n) is 7.80. The van der Waals surface area contributed by atoms with Gasteiger partial charge in [-0.1, -0.05) is 0 Å². The highest BCUT2D eigenvalue weighted by Crippen LogP contribution is 2.25. The summed E-state index contributed by atoms with van der Waals surface area (Å²) in [7, 11) is 0. The highest BCUT2D eigenvalue weighted by Gasteiger charge is 2.27. The van der Waals surface area contributed by atoms with Crippen molar-refractivity contribution >= 4 is 11.6 Å². The average Bonchev–Trinajstić information content (AvgIpc) is 3.10. The molecule has 0 aliphatic heterocycles. The van der Waals surface area contributed by atoms with Crippen LogP contribution in [-0.2, 0) is 11.3 Å². The van der Waals surface area contributed by atoms with Gasteiger partial charge in [-0.05, 0) is 40.7 Å². The normalized spacial score (nSPS) is 13.5. The van der Waals surface area contributed by atoms with Gasteiger partial charge in [0.15, 0.2) is 0 Å². The minimum Gasteiger partial charge on any atom is -0.346 e. The van der Waals surface area contributed by atoms with E-state index in [1.165, 1.54) is 4.68 Å². The molecule has 0 bridgehead atoms. The standard InChI is InChI=1S/C15H22N6O3/c1-6-19-13(7-8-16-19)9(2)17-15(22)12(5)20-11(4)14(21(23)24)10(3)18-20/h7-9,12H,6H2,1-5H3,(H,17,22). The number of aromatic nitrogens is 4. The monoisotopic (exact) mass is 334 g/mol. The van der Waals surface area contributed by atoms with E-state index in [-0.39, 0.29) is 17.6 Å². The fourth-order valence-corrected chi connectivity index (χ4v) is 2.79. The van der Waals surface area contributed by atoms with E-state index in [0.29, 0.717) is 17.9 Å². The van der Waals surface area contributed by atoms with E-state index in [0.717, 1.165) is 5.69 Å². The van der Waals surface area contributed by atoms with Gasteiger partial charge in [-0.25, -0.2) is 0 Å². The van der Waals surface area contributed by atoms with Crippen LogP contribution < -0.4 is 5.32 Å². The largest absolute Gasteiger partial charge is 0.346 e. The number of hydrogen-bond donors (Lipinski definition) is 1. The van der Waals surface area contributed by atoms with Crippen molar-refractivity contribution < 1.29 is 9.72 Å². The van der Waals surface area contributed by atoms with E-state index in [9.17, 15) is 14.9 Å². The van der Waals surface area contributed by atoms with E-state index < -0.39 is 11.0 Å². The zero-order valence-corrected chi connectivity index (χ0v) is 14.5. The summed E-state index contributed by atoms with van der Waals surface area (Å²) in [6.45, 7) is 9.39. The second-order valence-corrected chi connectivity index (χ2v) is 5.70. The lowest BCUT2D eigenvalue weighted by Crippen LogP contribution is -2.34. The predicted octanol–water partition coefficient (Wildman–Crippen LogP) is 2.06. The third kappa shape index (κ3) is 3.15. The van der Waals surface area contributed by atoms with Gasteiger partial charge in [0.1, 0.15) is 17.4 Å². The molecular weight excluding hydrogens is 312 g/mol. The molecule has 0 saturated heterocycles. The quantitative estimate of drug-likeness (QED) is 0.642. The van der Waals surface area contributed by atoms with Gasteiger partial charge in [0.25, 0.3) is 0 Å². The molecule has 0 aliphatic rings. The molecule has 0 radical (unpaired) electrons. The molecule has 1 N–H and O–H groups in total. The third-order valence-corrected chi connectivity index (χ3v) is 4.07. The Balaban J connectivity index is 2.18. The van der Waals surface area contributed by atoms with Crippen molar-refractivity contribution in [1.29, 1.82) is 0 Å². The highest BCUT2D eigenvalue weighted by atomic mass is 16.6. The number of carbonyl (C=O) groups excluding carboxylic acids is 1. The summed E-state index contributed by atoms with van der Waals surface area (Å²) in [6.07, 6.45) is 1.69. The van der Waals surface area contributed by atoms with Crippen molar-refractivity contribution in [3.63, 3.8) is 0 Å². The molecule has 9 heteroatoms. The van der Waals surface area contributed by atoms with Crippen LogP contribution in [0.1, 0.15) is 49.9 Å². The second kappa shape index (κ2) is 6.81. The number of amides is 1. The van der Waals surface area contributed by atoms with Crippen LogP contribution in [-0.4, -0.2) is 30.4 Å². The number of nitrogens with one attached hydrogen (secondary N) is 1. The van der Waals surface area contributed by atoms with Crippen LogP contribution in [0.25, 0.3) is 0 Å². The van der Waals surface area contributed by atoms with Crippen molar-refractivity contribution in [3.8, 4) is 0 Å². The van der Waals surface area contributed by atoms with Crippen molar-refractivity contribution in [1.82, 2.24) is 24.9 Å². The first-order valence-corrected chi connectivity index (χ1v) is 7.80. The van der Waals surface area contributed by atoms with Crippen molar-refractivity contribution in [2.75, 3.05) is 0 Å². The molecule has 0 aliphatic carbocycles. The van der Waals surface area contributed by atoms with Gasteiger partial charge in [-0.3, -0.25) is 24.3 Å². The van der Waals surface area contributed by atoms with Gasteiger partial charge in [0.05, 0.1) is 16.7 Å². The number of rotatable bonds is 6. The second-order valence-electron chi connectivity index (χ2n) is 5.70. The predicted molar refractivity (Wildman–Crippen MR) is 87.5 cm³/mol. The smallest absolute Gasteiger partial charge is 0.312 e. The van der Waals surface area contributed by atoms with Crippen LogP contribution in [0, 0.1) is 24.0 Å². The summed E-state index contributed by atoms with van der Waals surface area (Å²) in [5.41, 5.74) is 1.52. The lowest BCUT2D eigenvalue weighted by molar-refractivity contribution is -0.386. The molecule has 2 rings (SSSR count). The summed E-state index contributed by atoms with van der Waals surface area (Å²) < 4.78 is 3.20. The lowest BCUT2D eigenvalue weighted by Gasteiger charge is -2.19. The van der Waals surface area contributed by atoms with Crippen molar-refractivity contribution in [3.05, 3.63) is 39.5 Å². The maximum atomic E-state index is 12.5. The molecule has 0 saturated carbocycles. The Hall–Kier alpha value is -2.71. The van der Waals surface area contributed by atoms with Crippen molar-refractivity contribution in [2.45, 2.75) is 53.2 Å². The van der Waals surface area contributed by atoms with E-state index in [4.69, 9.17) is 0 Å². The first-order chi connectivity index (χ1) is 11.3. The number of hydrogen-bond acceptors (Lipinski definition) is 5. The molecule has 2 aromatic heterocycles. The Kier molecular flexibility index (Phi) is 5.01. The maximum Gasteiger partial charge on any atom is 0.312 e. The fourth-order valence-electron chi connectivity index (χ4n) is 2.79. The molecule has 130 valence electrons. The van der Waals surface area contributed by atoms with Gasteiger partial charge in [0.2, 0.25) is 5.91 Å². The van der Waals surface area contributed by atoms with Crippen LogP contribution in [0.5, 0.6) is 0 Å². The van der Waals surface area contributed by atoms with Gasteiger partial charge in [-0.2, -0.15) is 10.2 Å². The molecule has 0 spiro atoms. The van der Waals surface area contributed by atoms with Crippen LogP contribution in [0.4, 0.5) is 5.69 Å². The molecule has 9 nitrogen and oxygen atoms in total. The molecule has 2 aromatic rings. The number of nitrogens with zero attached hydrogens (tertiary/aromatic N) is 5. The molecular formula is C15H22N6O3. The summed E-state index contributed by atoms with van der Waals surface area (Å²) in [4.78, 5) is 23.1. The van der Waals surface area contributed by atoms with Crippen LogP contribution in [0.15, 0.2) is 12.3 Å². The average molecular weight is 334 g/mol. The molecule has 0 fully saturated rings. The summed E-state index contributed by atoms with van der Waals surface area (Å²) in [5, 5.41) is 22.3. The Morgan fingerprint density at radius 1 is 1.42 bits per heavy atom. The van der Waals surface area contributed by atoms with Crippen molar-refractivity contribution in [2.24, 2.45) is 0 Å². The Morgan fingerprint density at radius 3 is 2.62 bits per heavy atom. The molecule has 24 heavy (non-hydrogen) atoms. The van der Waals surface area contributed by atoms with E-state index in [1.54, 1.807) is 27.0 Å². The lowest BCUT2D eigenvalue weighted by atomic mass is 10.2. The van der Waals surface area contributed by atoms with E-state index in [2.05, 4.69) is 15.5 Å². The summed E-state index contributed by atoms with van der Waals surface area (Å²) in [5.74, 6) is -0.258. The maximum absolute atomic E-state index is 12.5. The number of aryl methyl sites for hydroxylation is 2. The van der Waals surface area contributed by atoms with Gasteiger partial charge < -0.3 is 5.32 Å². The number of nitro groups is 1. The summed E-state index contributed by atoms with van der Waals surface area (Å²) in [6, 6.07) is 0.972. The zero-order chi connectivity index (χ0) is 18.0. The molecule has 2 atom stereocenters. The van der Waals surface area contributed by atoms with Crippen LogP contribution in [0.3, 0.4) is 0 Å². The minimum atomic E-state index is -0.655. The third-order valence-electron chi connectivity index (χ3n) is 4.07. The Bertz CT molecular complexity index is 763. The van der Waals surface area contributed by atoms with Gasteiger partial charge in [0, 0.05) is 12.7 Å². The van der Waals surface area contributed by atoms with Crippen LogP contribution >= 0.6 is 0 Å². The molecule has 2 heterocycles. The Labute approximate surface area is 139 Å². The number of carbonyl (C=O) groups is 1. The van der Waals surface area contributed by atoms with E-state index >= 15 is 0 Å². The van der Waals surface area contributed by atoms with Gasteiger partial charge >= 0.3 is 5.69 Å². The van der Waals surface area contributed by atoms with Crippen LogP contribution in [0.2, 0.25) is 0 Å². The minimum absolute atomic E-state index is 0.0493. The molecule has 2 unspecified atom stereocenters. The SMILES string of the molecule is CCn1nccc1C(C)NC(=O)C(C)n1nc(C)c([N+](=O)[O-])c1C. The molecule has 0 aromatic carbocycles. The highest BCUT2D eigenvalue weighted by molar-refractivity contribution is 5.80. The Morgan fingerprint density at radius 2 is 2.08 bits per heavy atom. The zero-order valence-electron chi connectivity index (χ0n) is 14.5. The summed E-state index contributed by atoms with van der Waals surface area (Å²) >= 11 is 0. The topological polar surface area (TPSA) is 108 Å². The van der Waals surface area contributed by atoms with Gasteiger partial charge in [-0.15, -0.1) is 0 Å². The fraction of sp³-hybridized carbons (Fsp3) is 0.533. The first kappa shape index (κ1) is 17.6.